The number of hydrogen-bond donors (Lipinski definition) is 0. The molecule has 0 saturated heterocycles. The van der Waals surface area contributed by atoms with Crippen LogP contribution in [0.25, 0.3) is 0 Å². The lowest BCUT2D eigenvalue weighted by Crippen LogP contribution is -2.11. The molecule has 1 unspecified atom stereocenters. The molecule has 71 valence electrons. The lowest BCUT2D eigenvalue weighted by atomic mass is 10.2. The third-order valence-corrected chi connectivity index (χ3v) is 1.94. The molecule has 1 aromatic carbocycles. The Morgan fingerprint density at radius 2 is 2.00 bits per heavy atom. The fourth-order valence-electron chi connectivity index (χ4n) is 1.19. The Morgan fingerprint density at radius 3 is 2.62 bits per heavy atom. The number of para-hydroxylation sites is 1. The van der Waals surface area contributed by atoms with E-state index in [1.54, 1.807) is 0 Å². The van der Waals surface area contributed by atoms with Crippen LogP contribution in [-0.4, -0.2) is 6.10 Å². The summed E-state index contributed by atoms with van der Waals surface area (Å²) in [6, 6.07) is 9.97. The van der Waals surface area contributed by atoms with Crippen LogP contribution in [0.5, 0.6) is 5.75 Å². The lowest BCUT2D eigenvalue weighted by molar-refractivity contribution is 0.211. The molecule has 1 heteroatoms. The van der Waals surface area contributed by atoms with Crippen LogP contribution in [0.15, 0.2) is 30.3 Å². The second kappa shape index (κ2) is 5.63. The minimum Gasteiger partial charge on any atom is -0.491 e. The van der Waals surface area contributed by atoms with E-state index in [0.29, 0.717) is 6.10 Å². The van der Waals surface area contributed by atoms with Crippen LogP contribution in [0.4, 0.5) is 0 Å². The van der Waals surface area contributed by atoms with Gasteiger partial charge in [-0.05, 0) is 38.3 Å². The van der Waals surface area contributed by atoms with E-state index in [9.17, 15) is 0 Å². The Morgan fingerprint density at radius 1 is 1.31 bits per heavy atom. The molecule has 0 aromatic heterocycles. The summed E-state index contributed by atoms with van der Waals surface area (Å²) >= 11 is 0. The van der Waals surface area contributed by atoms with Gasteiger partial charge in [0.05, 0.1) is 6.10 Å². The molecule has 13 heavy (non-hydrogen) atoms. The Bertz CT molecular complexity index is 218. The highest BCUT2D eigenvalue weighted by Crippen LogP contribution is 2.13. The standard InChI is InChI=1S/C12H17O/c1-3-4-8-11(2)13-12-9-6-5-7-10-12/h3,5-7,9-11H,4,8H2,1-2H3. The molecule has 0 aliphatic rings. The molecule has 0 spiro atoms. The van der Waals surface area contributed by atoms with Gasteiger partial charge in [-0.25, -0.2) is 0 Å². The van der Waals surface area contributed by atoms with E-state index < -0.39 is 0 Å². The van der Waals surface area contributed by atoms with Gasteiger partial charge < -0.3 is 4.74 Å². The van der Waals surface area contributed by atoms with Crippen molar-refractivity contribution >= 4 is 0 Å². The monoisotopic (exact) mass is 177 g/mol. The van der Waals surface area contributed by atoms with Crippen molar-refractivity contribution in [3.8, 4) is 5.75 Å². The first-order valence-corrected chi connectivity index (χ1v) is 4.82. The molecular formula is C12H17O. The van der Waals surface area contributed by atoms with Crippen LogP contribution in [0.3, 0.4) is 0 Å². The fraction of sp³-hybridized carbons (Fsp3) is 0.417. The Kier molecular flexibility index (Phi) is 4.37. The van der Waals surface area contributed by atoms with Crippen molar-refractivity contribution < 1.29 is 4.74 Å². The number of ether oxygens (including phenoxy) is 1. The van der Waals surface area contributed by atoms with Gasteiger partial charge in [-0.3, -0.25) is 0 Å². The molecule has 0 N–H and O–H groups in total. The first-order chi connectivity index (χ1) is 6.33. The van der Waals surface area contributed by atoms with Crippen LogP contribution in [0, 0.1) is 6.42 Å². The summed E-state index contributed by atoms with van der Waals surface area (Å²) in [5.41, 5.74) is 0. The third kappa shape index (κ3) is 3.97. The second-order valence-electron chi connectivity index (χ2n) is 3.23. The first kappa shape index (κ1) is 10.1. The van der Waals surface area contributed by atoms with Crippen LogP contribution >= 0.6 is 0 Å². The topological polar surface area (TPSA) is 9.23 Å². The van der Waals surface area contributed by atoms with Gasteiger partial charge in [0, 0.05) is 0 Å². The molecule has 0 saturated carbocycles. The van der Waals surface area contributed by atoms with E-state index in [1.807, 2.05) is 30.3 Å². The highest BCUT2D eigenvalue weighted by Gasteiger charge is 2.01. The predicted octanol–water partition coefficient (Wildman–Crippen LogP) is 3.46. The minimum atomic E-state index is 0.304. The molecule has 0 heterocycles. The second-order valence-corrected chi connectivity index (χ2v) is 3.23. The summed E-state index contributed by atoms with van der Waals surface area (Å²) in [5, 5.41) is 0. The van der Waals surface area contributed by atoms with Crippen molar-refractivity contribution in [3.63, 3.8) is 0 Å². The molecule has 0 amide bonds. The molecular weight excluding hydrogens is 160 g/mol. The molecule has 1 radical (unpaired) electrons. The van der Waals surface area contributed by atoms with Crippen molar-refractivity contribution in [1.29, 1.82) is 0 Å². The van der Waals surface area contributed by atoms with Gasteiger partial charge in [0.15, 0.2) is 0 Å². The van der Waals surface area contributed by atoms with E-state index in [2.05, 4.69) is 20.3 Å². The minimum absolute atomic E-state index is 0.304. The lowest BCUT2D eigenvalue weighted by Gasteiger charge is -2.13. The highest BCUT2D eigenvalue weighted by atomic mass is 16.5. The predicted molar refractivity (Wildman–Crippen MR) is 55.7 cm³/mol. The van der Waals surface area contributed by atoms with Gasteiger partial charge in [0.25, 0.3) is 0 Å². The van der Waals surface area contributed by atoms with Crippen molar-refractivity contribution in [2.45, 2.75) is 32.8 Å². The largest absolute Gasteiger partial charge is 0.491 e. The third-order valence-electron chi connectivity index (χ3n) is 1.94. The molecule has 1 rings (SSSR count). The fourth-order valence-corrected chi connectivity index (χ4v) is 1.19. The van der Waals surface area contributed by atoms with E-state index >= 15 is 0 Å². The van der Waals surface area contributed by atoms with Crippen LogP contribution in [0.2, 0.25) is 0 Å². The first-order valence-electron chi connectivity index (χ1n) is 4.82. The number of unbranched alkanes of at least 4 members (excludes halogenated alkanes) is 1. The van der Waals surface area contributed by atoms with Gasteiger partial charge in [0.1, 0.15) is 5.75 Å². The molecule has 0 fully saturated rings. The molecule has 1 aromatic rings. The van der Waals surface area contributed by atoms with E-state index in [4.69, 9.17) is 4.74 Å². The van der Waals surface area contributed by atoms with Crippen LogP contribution < -0.4 is 4.74 Å². The quantitative estimate of drug-likeness (QED) is 0.669. The van der Waals surface area contributed by atoms with Gasteiger partial charge in [-0.1, -0.05) is 25.1 Å². The van der Waals surface area contributed by atoms with E-state index in [0.717, 1.165) is 18.6 Å². The van der Waals surface area contributed by atoms with Crippen molar-refractivity contribution in [2.75, 3.05) is 0 Å². The van der Waals surface area contributed by atoms with Crippen LogP contribution in [0.1, 0.15) is 26.7 Å². The van der Waals surface area contributed by atoms with Crippen molar-refractivity contribution in [3.05, 3.63) is 36.8 Å². The van der Waals surface area contributed by atoms with E-state index in [1.165, 1.54) is 0 Å². The molecule has 0 aliphatic carbocycles. The normalized spacial score (nSPS) is 12.5. The Hall–Kier alpha value is -0.980. The van der Waals surface area contributed by atoms with Gasteiger partial charge >= 0.3 is 0 Å². The van der Waals surface area contributed by atoms with Crippen molar-refractivity contribution in [1.82, 2.24) is 0 Å². The summed E-state index contributed by atoms with van der Waals surface area (Å²) in [7, 11) is 0. The summed E-state index contributed by atoms with van der Waals surface area (Å²) in [5.74, 6) is 0.964. The molecule has 0 bridgehead atoms. The number of rotatable bonds is 5. The zero-order valence-electron chi connectivity index (χ0n) is 8.36. The zero-order chi connectivity index (χ0) is 9.52. The zero-order valence-corrected chi connectivity index (χ0v) is 8.36. The van der Waals surface area contributed by atoms with Gasteiger partial charge in [-0.15, -0.1) is 0 Å². The molecule has 1 atom stereocenters. The maximum atomic E-state index is 5.70. The average molecular weight is 177 g/mol. The average Bonchev–Trinajstić information content (AvgIpc) is 2.16. The van der Waals surface area contributed by atoms with Crippen LogP contribution in [-0.2, 0) is 0 Å². The SMILES string of the molecule is C[CH]CCC(C)Oc1ccccc1. The van der Waals surface area contributed by atoms with Gasteiger partial charge in [0.2, 0.25) is 0 Å². The summed E-state index contributed by atoms with van der Waals surface area (Å²) in [4.78, 5) is 0. The smallest absolute Gasteiger partial charge is 0.119 e. The highest BCUT2D eigenvalue weighted by molar-refractivity contribution is 5.21. The van der Waals surface area contributed by atoms with E-state index in [-0.39, 0.29) is 0 Å². The molecule has 0 aliphatic heterocycles. The van der Waals surface area contributed by atoms with Crippen molar-refractivity contribution in [2.24, 2.45) is 0 Å². The molecule has 1 nitrogen and oxygen atoms in total. The van der Waals surface area contributed by atoms with Gasteiger partial charge in [-0.2, -0.15) is 0 Å². The maximum Gasteiger partial charge on any atom is 0.119 e. The Balaban J connectivity index is 2.32. The maximum absolute atomic E-state index is 5.70. The summed E-state index contributed by atoms with van der Waals surface area (Å²) in [6.45, 7) is 4.19. The number of benzene rings is 1. The number of hydrogen-bond acceptors (Lipinski definition) is 1. The summed E-state index contributed by atoms with van der Waals surface area (Å²) in [6.07, 6.45) is 4.68. The Labute approximate surface area is 80.7 Å². The summed E-state index contributed by atoms with van der Waals surface area (Å²) < 4.78 is 5.70.